The van der Waals surface area contributed by atoms with Gasteiger partial charge < -0.3 is 5.11 Å². The number of terminal acetylenes is 1. The minimum Gasteiger partial charge on any atom is -0.476 e. The lowest BCUT2D eigenvalue weighted by Gasteiger charge is -1.79. The van der Waals surface area contributed by atoms with E-state index in [1.165, 1.54) is 5.38 Å². The molecule has 0 saturated carbocycles. The minimum absolute atomic E-state index is 0.0120. The first-order valence-corrected chi connectivity index (χ1v) is 5.27. The van der Waals surface area contributed by atoms with E-state index in [0.717, 1.165) is 11.3 Å². The minimum atomic E-state index is -1.04. The number of aromatic nitrogens is 1. The Labute approximate surface area is 88.8 Å². The van der Waals surface area contributed by atoms with Crippen molar-refractivity contribution in [3.63, 3.8) is 0 Å². The SMILES string of the molecule is C#Cc1nc(C(=O)O)cs1.CC.CC. The molecule has 1 aromatic rings. The summed E-state index contributed by atoms with van der Waals surface area (Å²) in [5.74, 6) is 1.20. The van der Waals surface area contributed by atoms with E-state index in [2.05, 4.69) is 10.9 Å². The molecule has 3 nitrogen and oxygen atoms in total. The molecule has 78 valence electrons. The third-order valence-corrected chi connectivity index (χ3v) is 1.62. The number of hydrogen-bond acceptors (Lipinski definition) is 3. The van der Waals surface area contributed by atoms with Gasteiger partial charge >= 0.3 is 5.97 Å². The average molecular weight is 213 g/mol. The van der Waals surface area contributed by atoms with Gasteiger partial charge in [0.05, 0.1) is 0 Å². The van der Waals surface area contributed by atoms with Crippen LogP contribution in [-0.2, 0) is 0 Å². The van der Waals surface area contributed by atoms with Crippen molar-refractivity contribution < 1.29 is 9.90 Å². The fraction of sp³-hybridized carbons (Fsp3) is 0.400. The molecule has 0 aliphatic heterocycles. The van der Waals surface area contributed by atoms with E-state index in [9.17, 15) is 4.79 Å². The van der Waals surface area contributed by atoms with Crippen molar-refractivity contribution in [2.75, 3.05) is 0 Å². The van der Waals surface area contributed by atoms with Gasteiger partial charge in [0, 0.05) is 5.38 Å². The second kappa shape index (κ2) is 9.75. The Kier molecular flexibility index (Phi) is 10.5. The molecule has 0 amide bonds. The van der Waals surface area contributed by atoms with Crippen molar-refractivity contribution in [1.82, 2.24) is 4.98 Å². The van der Waals surface area contributed by atoms with Gasteiger partial charge in [0.1, 0.15) is 0 Å². The molecule has 0 atom stereocenters. The Bertz CT molecular complexity index is 299. The molecule has 1 rings (SSSR count). The third kappa shape index (κ3) is 5.33. The number of carbonyl (C=O) groups is 1. The largest absolute Gasteiger partial charge is 0.476 e. The Morgan fingerprint density at radius 1 is 1.50 bits per heavy atom. The van der Waals surface area contributed by atoms with E-state index < -0.39 is 5.97 Å². The van der Waals surface area contributed by atoms with Crippen LogP contribution in [0.15, 0.2) is 5.38 Å². The van der Waals surface area contributed by atoms with Gasteiger partial charge in [0.15, 0.2) is 10.7 Å². The summed E-state index contributed by atoms with van der Waals surface area (Å²) in [7, 11) is 0. The zero-order chi connectivity index (χ0) is 11.6. The van der Waals surface area contributed by atoms with Crippen LogP contribution in [0.1, 0.15) is 43.2 Å². The first-order chi connectivity index (χ1) is 6.74. The number of nitrogens with zero attached hydrogens (tertiary/aromatic N) is 1. The molecule has 0 radical (unpaired) electrons. The van der Waals surface area contributed by atoms with Gasteiger partial charge in [0.2, 0.25) is 0 Å². The maximum atomic E-state index is 10.2. The van der Waals surface area contributed by atoms with E-state index in [-0.39, 0.29) is 5.69 Å². The van der Waals surface area contributed by atoms with Crippen LogP contribution in [0.3, 0.4) is 0 Å². The van der Waals surface area contributed by atoms with Crippen molar-refractivity contribution in [1.29, 1.82) is 0 Å². The molecule has 0 bridgehead atoms. The lowest BCUT2D eigenvalue weighted by atomic mass is 10.5. The number of carboxylic acid groups (broad SMARTS) is 1. The first kappa shape index (κ1) is 15.1. The van der Waals surface area contributed by atoms with Gasteiger partial charge in [-0.05, 0) is 5.92 Å². The van der Waals surface area contributed by atoms with Crippen LogP contribution in [0.2, 0.25) is 0 Å². The topological polar surface area (TPSA) is 50.2 Å². The predicted molar refractivity (Wildman–Crippen MR) is 59.7 cm³/mol. The lowest BCUT2D eigenvalue weighted by Crippen LogP contribution is -1.95. The molecule has 0 fully saturated rings. The Balaban J connectivity index is 0. The van der Waals surface area contributed by atoms with Crippen molar-refractivity contribution in [3.8, 4) is 12.3 Å². The molecular formula is C10H15NO2S. The van der Waals surface area contributed by atoms with Crippen molar-refractivity contribution in [3.05, 3.63) is 16.1 Å². The van der Waals surface area contributed by atoms with Crippen LogP contribution < -0.4 is 0 Å². The molecule has 0 saturated heterocycles. The van der Waals surface area contributed by atoms with Crippen LogP contribution in [0.4, 0.5) is 0 Å². The first-order valence-electron chi connectivity index (χ1n) is 4.39. The van der Waals surface area contributed by atoms with Crippen LogP contribution in [-0.4, -0.2) is 16.1 Å². The molecule has 1 heterocycles. The van der Waals surface area contributed by atoms with Gasteiger partial charge in [-0.3, -0.25) is 0 Å². The van der Waals surface area contributed by atoms with Crippen LogP contribution in [0.25, 0.3) is 0 Å². The number of hydrogen-bond donors (Lipinski definition) is 1. The second-order valence-corrected chi connectivity index (χ2v) is 2.35. The summed E-state index contributed by atoms with van der Waals surface area (Å²) in [5, 5.41) is 10.2. The van der Waals surface area contributed by atoms with Gasteiger partial charge in [-0.1, -0.05) is 27.7 Å². The van der Waals surface area contributed by atoms with E-state index in [0.29, 0.717) is 5.01 Å². The number of thiazole rings is 1. The fourth-order valence-electron chi connectivity index (χ4n) is 0.438. The second-order valence-electron chi connectivity index (χ2n) is 1.49. The molecule has 0 spiro atoms. The molecule has 1 aromatic heterocycles. The highest BCUT2D eigenvalue weighted by molar-refractivity contribution is 7.10. The Morgan fingerprint density at radius 3 is 2.21 bits per heavy atom. The molecule has 0 unspecified atom stereocenters. The summed E-state index contributed by atoms with van der Waals surface area (Å²) in [6.45, 7) is 8.00. The zero-order valence-corrected chi connectivity index (χ0v) is 9.68. The maximum absolute atomic E-state index is 10.2. The molecule has 0 aromatic carbocycles. The molecule has 0 aliphatic rings. The van der Waals surface area contributed by atoms with Crippen molar-refractivity contribution >= 4 is 17.3 Å². The summed E-state index contributed by atoms with van der Waals surface area (Å²) in [5.41, 5.74) is 0.0120. The maximum Gasteiger partial charge on any atom is 0.355 e. The monoisotopic (exact) mass is 213 g/mol. The Morgan fingerprint density at radius 2 is 2.00 bits per heavy atom. The van der Waals surface area contributed by atoms with E-state index in [1.807, 2.05) is 27.7 Å². The van der Waals surface area contributed by atoms with Crippen LogP contribution >= 0.6 is 11.3 Å². The summed E-state index contributed by atoms with van der Waals surface area (Å²) in [4.78, 5) is 13.8. The van der Waals surface area contributed by atoms with Crippen LogP contribution in [0.5, 0.6) is 0 Å². The molecule has 0 aliphatic carbocycles. The molecular weight excluding hydrogens is 198 g/mol. The van der Waals surface area contributed by atoms with Crippen molar-refractivity contribution in [2.45, 2.75) is 27.7 Å². The summed E-state index contributed by atoms with van der Waals surface area (Å²) in [6, 6.07) is 0. The van der Waals surface area contributed by atoms with Gasteiger partial charge in [-0.25, -0.2) is 9.78 Å². The quantitative estimate of drug-likeness (QED) is 0.730. The number of carboxylic acids is 1. The number of rotatable bonds is 1. The molecule has 14 heavy (non-hydrogen) atoms. The lowest BCUT2D eigenvalue weighted by molar-refractivity contribution is 0.0691. The summed E-state index contributed by atoms with van der Waals surface area (Å²) in [6.07, 6.45) is 4.97. The van der Waals surface area contributed by atoms with Crippen LogP contribution in [0, 0.1) is 12.3 Å². The van der Waals surface area contributed by atoms with Gasteiger partial charge in [-0.15, -0.1) is 17.8 Å². The highest BCUT2D eigenvalue weighted by atomic mass is 32.1. The highest BCUT2D eigenvalue weighted by Crippen LogP contribution is 2.07. The summed E-state index contributed by atoms with van der Waals surface area (Å²) < 4.78 is 0. The van der Waals surface area contributed by atoms with E-state index in [1.54, 1.807) is 0 Å². The smallest absolute Gasteiger partial charge is 0.355 e. The van der Waals surface area contributed by atoms with Crippen molar-refractivity contribution in [2.24, 2.45) is 0 Å². The van der Waals surface area contributed by atoms with Gasteiger partial charge in [0.25, 0.3) is 0 Å². The summed E-state index contributed by atoms with van der Waals surface area (Å²) >= 11 is 1.15. The molecule has 1 N–H and O–H groups in total. The zero-order valence-electron chi connectivity index (χ0n) is 8.87. The fourth-order valence-corrected chi connectivity index (χ4v) is 1.03. The Hall–Kier alpha value is -1.34. The van der Waals surface area contributed by atoms with Gasteiger partial charge in [-0.2, -0.15) is 0 Å². The average Bonchev–Trinajstić information content (AvgIpc) is 2.72. The number of aromatic carboxylic acids is 1. The third-order valence-electron chi connectivity index (χ3n) is 0.847. The standard InChI is InChI=1S/C6H3NO2S.2C2H6/c1-2-5-7-4(3-10-5)6(8)9;2*1-2/h1,3H,(H,8,9);2*1-2H3. The molecule has 4 heteroatoms. The normalized spacial score (nSPS) is 7.07. The van der Waals surface area contributed by atoms with E-state index in [4.69, 9.17) is 11.5 Å². The highest BCUT2D eigenvalue weighted by Gasteiger charge is 2.05. The van der Waals surface area contributed by atoms with E-state index >= 15 is 0 Å². The predicted octanol–water partition coefficient (Wildman–Crippen LogP) is 2.88.